The van der Waals surface area contributed by atoms with Gasteiger partial charge < -0.3 is 9.73 Å². The van der Waals surface area contributed by atoms with Crippen molar-refractivity contribution in [3.63, 3.8) is 0 Å². The number of amides is 1. The molecule has 0 fully saturated rings. The molecule has 0 bridgehead atoms. The van der Waals surface area contributed by atoms with Crippen LogP contribution in [0.25, 0.3) is 11.3 Å². The molecular formula is C19H16N4O4S. The van der Waals surface area contributed by atoms with Gasteiger partial charge in [0.05, 0.1) is 4.92 Å². The van der Waals surface area contributed by atoms with E-state index in [1.54, 1.807) is 18.2 Å². The van der Waals surface area contributed by atoms with Crippen LogP contribution in [0.4, 0.5) is 11.4 Å². The van der Waals surface area contributed by atoms with Crippen molar-refractivity contribution in [3.8, 4) is 11.3 Å². The number of benzene rings is 2. The minimum absolute atomic E-state index is 0.0212. The predicted molar refractivity (Wildman–Crippen MR) is 109 cm³/mol. The Balaban J connectivity index is 1.59. The Morgan fingerprint density at radius 3 is 2.43 bits per heavy atom. The largest absolute Gasteiger partial charge is 0.451 e. The quantitative estimate of drug-likeness (QED) is 0.350. The number of aryl methyl sites for hydroxylation is 1. The lowest BCUT2D eigenvalue weighted by atomic mass is 10.1. The molecule has 142 valence electrons. The van der Waals surface area contributed by atoms with Crippen molar-refractivity contribution in [1.82, 2.24) is 10.9 Å². The fourth-order valence-corrected chi connectivity index (χ4v) is 2.57. The monoisotopic (exact) mass is 396 g/mol. The number of carbonyl (C=O) groups is 1. The summed E-state index contributed by atoms with van der Waals surface area (Å²) in [6.45, 7) is 1.94. The Morgan fingerprint density at radius 1 is 1.04 bits per heavy atom. The van der Waals surface area contributed by atoms with Crippen molar-refractivity contribution in [2.75, 3.05) is 5.32 Å². The molecule has 0 saturated heterocycles. The van der Waals surface area contributed by atoms with E-state index in [1.165, 1.54) is 18.2 Å². The number of hydrogen-bond acceptors (Lipinski definition) is 5. The average molecular weight is 396 g/mol. The summed E-state index contributed by atoms with van der Waals surface area (Å²) in [5, 5.41) is 13.9. The smallest absolute Gasteiger partial charge is 0.305 e. The maximum atomic E-state index is 12.2. The first-order valence-corrected chi connectivity index (χ1v) is 8.62. The number of para-hydroxylation sites is 1. The Labute approximate surface area is 165 Å². The Hall–Kier alpha value is -3.72. The molecule has 0 aliphatic heterocycles. The zero-order valence-corrected chi connectivity index (χ0v) is 15.6. The normalized spacial score (nSPS) is 10.2. The van der Waals surface area contributed by atoms with Crippen molar-refractivity contribution < 1.29 is 14.1 Å². The fourth-order valence-electron chi connectivity index (χ4n) is 2.40. The molecule has 0 atom stereocenters. The Kier molecular flexibility index (Phi) is 5.66. The third-order valence-corrected chi connectivity index (χ3v) is 4.08. The van der Waals surface area contributed by atoms with E-state index in [0.29, 0.717) is 11.3 Å². The number of carbonyl (C=O) groups excluding carboxylic acids is 1. The van der Waals surface area contributed by atoms with Gasteiger partial charge in [0, 0.05) is 23.4 Å². The summed E-state index contributed by atoms with van der Waals surface area (Å²) in [6.07, 6.45) is 0. The third kappa shape index (κ3) is 4.51. The Morgan fingerprint density at radius 2 is 1.75 bits per heavy atom. The number of nitro benzene ring substituents is 1. The first kappa shape index (κ1) is 19.1. The van der Waals surface area contributed by atoms with Crippen LogP contribution in [0.3, 0.4) is 0 Å². The zero-order valence-electron chi connectivity index (χ0n) is 14.8. The number of non-ortho nitro benzene ring substituents is 1. The number of thiocarbonyl (C=S) groups is 1. The molecule has 3 rings (SSSR count). The van der Waals surface area contributed by atoms with E-state index in [0.717, 1.165) is 11.3 Å². The van der Waals surface area contributed by atoms with Crippen LogP contribution in [0.15, 0.2) is 65.1 Å². The minimum Gasteiger partial charge on any atom is -0.451 e. The molecule has 0 saturated carbocycles. The summed E-state index contributed by atoms with van der Waals surface area (Å²) in [4.78, 5) is 22.4. The summed E-state index contributed by atoms with van der Waals surface area (Å²) in [5.41, 5.74) is 7.50. The second kappa shape index (κ2) is 8.31. The van der Waals surface area contributed by atoms with E-state index in [2.05, 4.69) is 16.2 Å². The summed E-state index contributed by atoms with van der Waals surface area (Å²) >= 11 is 5.16. The second-order valence-corrected chi connectivity index (χ2v) is 6.22. The number of nitrogens with one attached hydrogen (secondary N) is 3. The predicted octanol–water partition coefficient (Wildman–Crippen LogP) is 3.79. The lowest BCUT2D eigenvalue weighted by molar-refractivity contribution is -0.384. The van der Waals surface area contributed by atoms with Crippen LogP contribution in [-0.4, -0.2) is 15.9 Å². The van der Waals surface area contributed by atoms with E-state index in [9.17, 15) is 14.9 Å². The van der Waals surface area contributed by atoms with Crippen molar-refractivity contribution in [1.29, 1.82) is 0 Å². The van der Waals surface area contributed by atoms with Gasteiger partial charge in [-0.1, -0.05) is 18.2 Å². The molecule has 0 aliphatic rings. The fraction of sp³-hybridized carbons (Fsp3) is 0.0526. The van der Waals surface area contributed by atoms with Gasteiger partial charge in [0.15, 0.2) is 10.9 Å². The van der Waals surface area contributed by atoms with Gasteiger partial charge in [-0.25, -0.2) is 0 Å². The molecule has 3 N–H and O–H groups in total. The lowest BCUT2D eigenvalue weighted by Gasteiger charge is -2.12. The molecule has 0 spiro atoms. The van der Waals surface area contributed by atoms with Crippen LogP contribution >= 0.6 is 12.2 Å². The number of rotatable bonds is 4. The van der Waals surface area contributed by atoms with Crippen LogP contribution in [0.2, 0.25) is 0 Å². The maximum absolute atomic E-state index is 12.2. The molecular weight excluding hydrogens is 380 g/mol. The molecule has 2 aromatic carbocycles. The number of hydrazine groups is 1. The first-order chi connectivity index (χ1) is 13.4. The molecule has 3 aromatic rings. The molecule has 1 amide bonds. The summed E-state index contributed by atoms with van der Waals surface area (Å²) in [6, 6.07) is 16.6. The molecule has 1 aromatic heterocycles. The summed E-state index contributed by atoms with van der Waals surface area (Å²) < 4.78 is 5.52. The third-order valence-electron chi connectivity index (χ3n) is 3.88. The van der Waals surface area contributed by atoms with Crippen LogP contribution < -0.4 is 16.2 Å². The highest BCUT2D eigenvalue weighted by molar-refractivity contribution is 7.80. The lowest BCUT2D eigenvalue weighted by Crippen LogP contribution is -2.43. The van der Waals surface area contributed by atoms with Gasteiger partial charge in [0.25, 0.3) is 5.69 Å². The van der Waals surface area contributed by atoms with E-state index < -0.39 is 10.8 Å². The summed E-state index contributed by atoms with van der Waals surface area (Å²) in [5.74, 6) is -0.0256. The average Bonchev–Trinajstić information content (AvgIpc) is 3.18. The van der Waals surface area contributed by atoms with Gasteiger partial charge in [0.2, 0.25) is 0 Å². The van der Waals surface area contributed by atoms with Gasteiger partial charge in [0.1, 0.15) is 5.76 Å². The molecule has 0 unspecified atom stereocenters. The van der Waals surface area contributed by atoms with Crippen LogP contribution in [0.1, 0.15) is 16.1 Å². The number of anilines is 1. The van der Waals surface area contributed by atoms with Gasteiger partial charge in [-0.05, 0) is 55.0 Å². The Bertz CT molecular complexity index is 1030. The van der Waals surface area contributed by atoms with E-state index in [4.69, 9.17) is 16.6 Å². The molecule has 1 heterocycles. The van der Waals surface area contributed by atoms with Crippen LogP contribution in [0, 0.1) is 17.0 Å². The van der Waals surface area contributed by atoms with Gasteiger partial charge >= 0.3 is 5.91 Å². The van der Waals surface area contributed by atoms with Crippen molar-refractivity contribution in [3.05, 3.63) is 82.1 Å². The highest BCUT2D eigenvalue weighted by Gasteiger charge is 2.13. The van der Waals surface area contributed by atoms with Crippen LogP contribution in [0.5, 0.6) is 0 Å². The van der Waals surface area contributed by atoms with Gasteiger partial charge in [-0.2, -0.15) is 0 Å². The molecule has 0 radical (unpaired) electrons. The molecule has 0 aliphatic carbocycles. The van der Waals surface area contributed by atoms with E-state index >= 15 is 0 Å². The van der Waals surface area contributed by atoms with Gasteiger partial charge in [-0.3, -0.25) is 25.8 Å². The van der Waals surface area contributed by atoms with Crippen molar-refractivity contribution in [2.45, 2.75) is 6.92 Å². The standard InChI is InChI=1S/C19H16N4O4S/c1-12-4-2-3-5-15(12)20-19(28)22-21-18(24)17-11-10-16(27-17)13-6-8-14(9-7-13)23(25)26/h2-11H,1H3,(H,21,24)(H2,20,22,28). The van der Waals surface area contributed by atoms with Crippen LogP contribution in [-0.2, 0) is 0 Å². The SMILES string of the molecule is Cc1ccccc1NC(=S)NNC(=O)c1ccc(-c2ccc([N+](=O)[O-])cc2)o1. The first-order valence-electron chi connectivity index (χ1n) is 8.21. The maximum Gasteiger partial charge on any atom is 0.305 e. The van der Waals surface area contributed by atoms with E-state index in [-0.39, 0.29) is 16.6 Å². The van der Waals surface area contributed by atoms with Crippen molar-refractivity contribution in [2.24, 2.45) is 0 Å². The number of nitrogens with zero attached hydrogens (tertiary/aromatic N) is 1. The summed E-state index contributed by atoms with van der Waals surface area (Å²) in [7, 11) is 0. The van der Waals surface area contributed by atoms with E-state index in [1.807, 2.05) is 31.2 Å². The molecule has 9 heteroatoms. The topological polar surface area (TPSA) is 109 Å². The van der Waals surface area contributed by atoms with Gasteiger partial charge in [-0.15, -0.1) is 0 Å². The molecule has 8 nitrogen and oxygen atoms in total. The minimum atomic E-state index is -0.512. The number of nitro groups is 1. The number of furan rings is 1. The molecule has 28 heavy (non-hydrogen) atoms. The van der Waals surface area contributed by atoms with Crippen molar-refractivity contribution >= 4 is 34.6 Å². The number of hydrogen-bond donors (Lipinski definition) is 3. The highest BCUT2D eigenvalue weighted by Crippen LogP contribution is 2.24. The second-order valence-electron chi connectivity index (χ2n) is 5.82. The highest BCUT2D eigenvalue weighted by atomic mass is 32.1. The zero-order chi connectivity index (χ0) is 20.1.